The SMILES string of the molecule is CN[C@@H](C)C(=O)N[C@H](C(=O)N1CCC(O)[C@@H]1Cc1c[nH]c2ccccc12)C(C)OC. The average Bonchev–Trinajstić information content (AvgIpc) is 3.34. The van der Waals surface area contributed by atoms with Crippen LogP contribution in [0.5, 0.6) is 0 Å². The third kappa shape index (κ3) is 4.50. The van der Waals surface area contributed by atoms with E-state index in [4.69, 9.17) is 4.74 Å². The number of carbonyl (C=O) groups is 2. The minimum absolute atomic E-state index is 0.234. The summed E-state index contributed by atoms with van der Waals surface area (Å²) in [6, 6.07) is 6.36. The molecule has 4 N–H and O–H groups in total. The third-order valence-electron chi connectivity index (χ3n) is 6.13. The van der Waals surface area contributed by atoms with Crippen LogP contribution in [-0.4, -0.2) is 77.8 Å². The summed E-state index contributed by atoms with van der Waals surface area (Å²) in [5, 5.41) is 17.4. The summed E-state index contributed by atoms with van der Waals surface area (Å²) in [7, 11) is 3.20. The Labute approximate surface area is 177 Å². The number of amides is 2. The molecule has 30 heavy (non-hydrogen) atoms. The van der Waals surface area contributed by atoms with Crippen LogP contribution in [0.4, 0.5) is 0 Å². The van der Waals surface area contributed by atoms with E-state index in [0.29, 0.717) is 19.4 Å². The number of methoxy groups -OCH3 is 1. The van der Waals surface area contributed by atoms with Gasteiger partial charge in [-0.2, -0.15) is 0 Å². The van der Waals surface area contributed by atoms with E-state index in [1.165, 1.54) is 7.11 Å². The van der Waals surface area contributed by atoms with E-state index < -0.39 is 24.3 Å². The summed E-state index contributed by atoms with van der Waals surface area (Å²) in [6.45, 7) is 3.93. The molecular weight excluding hydrogens is 384 g/mol. The van der Waals surface area contributed by atoms with Gasteiger partial charge in [-0.3, -0.25) is 9.59 Å². The first kappa shape index (κ1) is 22.3. The number of benzene rings is 1. The molecule has 2 heterocycles. The number of para-hydroxylation sites is 1. The maximum atomic E-state index is 13.4. The predicted octanol–water partition coefficient (Wildman–Crippen LogP) is 0.800. The Morgan fingerprint density at radius 3 is 2.77 bits per heavy atom. The highest BCUT2D eigenvalue weighted by Crippen LogP contribution is 2.27. The van der Waals surface area contributed by atoms with Gasteiger partial charge in [-0.1, -0.05) is 18.2 Å². The van der Waals surface area contributed by atoms with Crippen molar-refractivity contribution in [3.63, 3.8) is 0 Å². The predicted molar refractivity (Wildman–Crippen MR) is 115 cm³/mol. The number of H-pyrrole nitrogens is 1. The van der Waals surface area contributed by atoms with Crippen molar-refractivity contribution in [3.8, 4) is 0 Å². The van der Waals surface area contributed by atoms with Crippen LogP contribution in [0.2, 0.25) is 0 Å². The zero-order chi connectivity index (χ0) is 21.8. The molecule has 3 rings (SSSR count). The van der Waals surface area contributed by atoms with Gasteiger partial charge in [-0.15, -0.1) is 0 Å². The molecule has 5 atom stereocenters. The van der Waals surface area contributed by atoms with Gasteiger partial charge in [0.1, 0.15) is 6.04 Å². The van der Waals surface area contributed by atoms with E-state index in [2.05, 4.69) is 15.6 Å². The van der Waals surface area contributed by atoms with E-state index in [9.17, 15) is 14.7 Å². The molecule has 0 spiro atoms. The van der Waals surface area contributed by atoms with E-state index in [0.717, 1.165) is 16.5 Å². The molecule has 1 aliphatic rings. The van der Waals surface area contributed by atoms with Crippen molar-refractivity contribution in [1.82, 2.24) is 20.5 Å². The van der Waals surface area contributed by atoms with E-state index in [1.807, 2.05) is 30.5 Å². The molecule has 0 aliphatic carbocycles. The lowest BCUT2D eigenvalue weighted by Gasteiger charge is -2.32. The first-order chi connectivity index (χ1) is 14.4. The zero-order valence-corrected chi connectivity index (χ0v) is 18.0. The number of rotatable bonds is 8. The summed E-state index contributed by atoms with van der Waals surface area (Å²) >= 11 is 0. The maximum Gasteiger partial charge on any atom is 0.248 e. The summed E-state index contributed by atoms with van der Waals surface area (Å²) < 4.78 is 5.38. The van der Waals surface area contributed by atoms with Gasteiger partial charge < -0.3 is 30.4 Å². The fourth-order valence-electron chi connectivity index (χ4n) is 3.99. The number of carbonyl (C=O) groups excluding carboxylic acids is 2. The Morgan fingerprint density at radius 1 is 1.33 bits per heavy atom. The second-order valence-electron chi connectivity index (χ2n) is 7.96. The molecule has 1 fully saturated rings. The number of hydrogen-bond donors (Lipinski definition) is 4. The van der Waals surface area contributed by atoms with E-state index in [-0.39, 0.29) is 17.9 Å². The molecule has 1 aromatic carbocycles. The Morgan fingerprint density at radius 2 is 2.07 bits per heavy atom. The Hall–Kier alpha value is -2.42. The minimum atomic E-state index is -0.825. The van der Waals surface area contributed by atoms with Gasteiger partial charge in [0.15, 0.2) is 0 Å². The lowest BCUT2D eigenvalue weighted by atomic mass is 10.0. The summed E-state index contributed by atoms with van der Waals surface area (Å²) in [5.41, 5.74) is 2.08. The highest BCUT2D eigenvalue weighted by atomic mass is 16.5. The third-order valence-corrected chi connectivity index (χ3v) is 6.13. The number of aliphatic hydroxyl groups is 1. The second-order valence-corrected chi connectivity index (χ2v) is 7.96. The topological polar surface area (TPSA) is 107 Å². The smallest absolute Gasteiger partial charge is 0.248 e. The molecule has 1 aromatic heterocycles. The van der Waals surface area contributed by atoms with E-state index >= 15 is 0 Å². The van der Waals surface area contributed by atoms with Crippen molar-refractivity contribution in [1.29, 1.82) is 0 Å². The number of ether oxygens (including phenoxy) is 1. The van der Waals surface area contributed by atoms with Crippen LogP contribution in [0.1, 0.15) is 25.8 Å². The number of likely N-dealkylation sites (tertiary alicyclic amines) is 1. The van der Waals surface area contributed by atoms with Gasteiger partial charge >= 0.3 is 0 Å². The number of likely N-dealkylation sites (N-methyl/N-ethyl adjacent to an activating group) is 1. The molecule has 1 aliphatic heterocycles. The zero-order valence-electron chi connectivity index (χ0n) is 18.0. The fourth-order valence-corrected chi connectivity index (χ4v) is 3.99. The highest BCUT2D eigenvalue weighted by molar-refractivity contribution is 5.90. The molecule has 8 heteroatoms. The van der Waals surface area contributed by atoms with Crippen LogP contribution >= 0.6 is 0 Å². The number of nitrogens with one attached hydrogen (secondary N) is 3. The minimum Gasteiger partial charge on any atom is -0.391 e. The lowest BCUT2D eigenvalue weighted by molar-refractivity contribution is -0.141. The number of aromatic nitrogens is 1. The van der Waals surface area contributed by atoms with Crippen molar-refractivity contribution >= 4 is 22.7 Å². The lowest BCUT2D eigenvalue weighted by Crippen LogP contribution is -2.58. The molecular formula is C22H32N4O4. The van der Waals surface area contributed by atoms with Crippen molar-refractivity contribution in [2.24, 2.45) is 0 Å². The van der Waals surface area contributed by atoms with Crippen molar-refractivity contribution in [2.75, 3.05) is 20.7 Å². The summed E-state index contributed by atoms with van der Waals surface area (Å²) in [5.74, 6) is -0.505. The first-order valence-corrected chi connectivity index (χ1v) is 10.4. The van der Waals surface area contributed by atoms with Crippen molar-refractivity contribution in [2.45, 2.75) is 57.0 Å². The number of aliphatic hydroxyl groups excluding tert-OH is 1. The number of fused-ring (bicyclic) bond motifs is 1. The molecule has 0 radical (unpaired) electrons. The average molecular weight is 417 g/mol. The van der Waals surface area contributed by atoms with Gasteiger partial charge in [0.25, 0.3) is 0 Å². The molecule has 2 aromatic rings. The van der Waals surface area contributed by atoms with Crippen LogP contribution in [0, 0.1) is 0 Å². The second kappa shape index (κ2) is 9.59. The van der Waals surface area contributed by atoms with Crippen LogP contribution in [-0.2, 0) is 20.7 Å². The molecule has 0 saturated carbocycles. The Kier molecular flexibility index (Phi) is 7.12. The number of hydrogen-bond acceptors (Lipinski definition) is 5. The van der Waals surface area contributed by atoms with Gasteiger partial charge in [0.2, 0.25) is 11.8 Å². The maximum absolute atomic E-state index is 13.4. The molecule has 2 amide bonds. The van der Waals surface area contributed by atoms with Crippen LogP contribution in [0.25, 0.3) is 10.9 Å². The Balaban J connectivity index is 1.81. The molecule has 8 nitrogen and oxygen atoms in total. The van der Waals surface area contributed by atoms with Crippen LogP contribution in [0.3, 0.4) is 0 Å². The molecule has 0 bridgehead atoms. The van der Waals surface area contributed by atoms with Gasteiger partial charge in [-0.25, -0.2) is 0 Å². The van der Waals surface area contributed by atoms with Gasteiger partial charge in [0, 0.05) is 30.8 Å². The summed E-state index contributed by atoms with van der Waals surface area (Å²) in [6.07, 6.45) is 1.86. The fraction of sp³-hybridized carbons (Fsp3) is 0.545. The Bertz CT molecular complexity index is 883. The molecule has 2 unspecified atom stereocenters. The van der Waals surface area contributed by atoms with Crippen molar-refractivity contribution < 1.29 is 19.4 Å². The molecule has 164 valence electrons. The van der Waals surface area contributed by atoms with Crippen molar-refractivity contribution in [3.05, 3.63) is 36.0 Å². The highest BCUT2D eigenvalue weighted by Gasteiger charge is 2.41. The first-order valence-electron chi connectivity index (χ1n) is 10.4. The number of nitrogens with zero attached hydrogens (tertiary/aromatic N) is 1. The van der Waals surface area contributed by atoms with E-state index in [1.54, 1.807) is 25.8 Å². The standard InChI is InChI=1S/C22H32N4O4/c1-13(23-3)21(28)25-20(14(2)30-4)22(29)26-10-9-19(27)18(26)11-15-12-24-17-8-6-5-7-16(15)17/h5-8,12-14,18-20,23-24,27H,9-11H2,1-4H3,(H,25,28)/t13-,14?,18-,19?,20-/m0/s1. The number of aromatic amines is 1. The molecule has 1 saturated heterocycles. The van der Waals surface area contributed by atoms with Crippen LogP contribution < -0.4 is 10.6 Å². The quantitative estimate of drug-likeness (QED) is 0.509. The van der Waals surface area contributed by atoms with Gasteiger partial charge in [-0.05, 0) is 45.4 Å². The summed E-state index contributed by atoms with van der Waals surface area (Å²) in [4.78, 5) is 30.8. The van der Waals surface area contributed by atoms with Crippen LogP contribution in [0.15, 0.2) is 30.5 Å². The normalized spacial score (nSPS) is 22.1. The largest absolute Gasteiger partial charge is 0.391 e. The van der Waals surface area contributed by atoms with Gasteiger partial charge in [0.05, 0.1) is 24.3 Å². The monoisotopic (exact) mass is 416 g/mol.